The van der Waals surface area contributed by atoms with Gasteiger partial charge in [0, 0.05) is 18.8 Å². The first-order chi connectivity index (χ1) is 8.16. The normalized spacial score (nSPS) is 12.4. The summed E-state index contributed by atoms with van der Waals surface area (Å²) in [7, 11) is 0. The Morgan fingerprint density at radius 2 is 2.18 bits per heavy atom. The molecule has 2 aromatic rings. The van der Waals surface area contributed by atoms with E-state index in [1.54, 1.807) is 6.07 Å². The summed E-state index contributed by atoms with van der Waals surface area (Å²) in [6.07, 6.45) is 4.08. The van der Waals surface area contributed by atoms with Gasteiger partial charge >= 0.3 is 0 Å². The van der Waals surface area contributed by atoms with Crippen molar-refractivity contribution >= 4 is 11.6 Å². The molecule has 0 fully saturated rings. The standard InChI is InChI=1S/C12H10ClFN2O/c13-9-5-8(1-2-10(9)14)6-12(17)11-7-15-3-4-16-11/h1-5,7,12,17H,6H2. The van der Waals surface area contributed by atoms with Crippen LogP contribution in [-0.2, 0) is 6.42 Å². The van der Waals surface area contributed by atoms with Gasteiger partial charge in [0.25, 0.3) is 0 Å². The number of nitrogens with zero attached hydrogens (tertiary/aromatic N) is 2. The molecule has 0 radical (unpaired) electrons. The first kappa shape index (κ1) is 12.0. The average molecular weight is 253 g/mol. The Kier molecular flexibility index (Phi) is 3.66. The summed E-state index contributed by atoms with van der Waals surface area (Å²) < 4.78 is 12.9. The van der Waals surface area contributed by atoms with E-state index in [1.165, 1.54) is 30.7 Å². The molecule has 0 spiro atoms. The molecule has 1 N–H and O–H groups in total. The minimum atomic E-state index is -0.773. The van der Waals surface area contributed by atoms with E-state index in [2.05, 4.69) is 9.97 Å². The molecular formula is C12H10ClFN2O. The highest BCUT2D eigenvalue weighted by atomic mass is 35.5. The first-order valence-electron chi connectivity index (χ1n) is 5.04. The fourth-order valence-electron chi connectivity index (χ4n) is 1.48. The molecule has 0 aliphatic rings. The van der Waals surface area contributed by atoms with Gasteiger partial charge in [0.15, 0.2) is 0 Å². The van der Waals surface area contributed by atoms with E-state index in [4.69, 9.17) is 11.6 Å². The van der Waals surface area contributed by atoms with Gasteiger partial charge in [-0.1, -0.05) is 17.7 Å². The molecule has 0 bridgehead atoms. The van der Waals surface area contributed by atoms with Gasteiger partial charge in [0.05, 0.1) is 16.9 Å². The van der Waals surface area contributed by atoms with Crippen LogP contribution in [0.1, 0.15) is 17.4 Å². The van der Waals surface area contributed by atoms with E-state index in [9.17, 15) is 9.50 Å². The van der Waals surface area contributed by atoms with Crippen molar-refractivity contribution in [3.63, 3.8) is 0 Å². The van der Waals surface area contributed by atoms with Crippen molar-refractivity contribution in [3.8, 4) is 0 Å². The Morgan fingerprint density at radius 1 is 1.35 bits per heavy atom. The van der Waals surface area contributed by atoms with E-state index in [1.807, 2.05) is 0 Å². The molecule has 1 aromatic heterocycles. The van der Waals surface area contributed by atoms with Gasteiger partial charge in [0.2, 0.25) is 0 Å². The number of aliphatic hydroxyl groups is 1. The molecule has 0 aliphatic heterocycles. The van der Waals surface area contributed by atoms with Crippen LogP contribution in [0.15, 0.2) is 36.8 Å². The van der Waals surface area contributed by atoms with Crippen molar-refractivity contribution in [2.75, 3.05) is 0 Å². The van der Waals surface area contributed by atoms with Crippen molar-refractivity contribution in [2.45, 2.75) is 12.5 Å². The molecule has 0 saturated carbocycles. The lowest BCUT2D eigenvalue weighted by Crippen LogP contribution is -2.04. The lowest BCUT2D eigenvalue weighted by atomic mass is 10.1. The van der Waals surface area contributed by atoms with Crippen LogP contribution < -0.4 is 0 Å². The third kappa shape index (κ3) is 2.99. The Morgan fingerprint density at radius 3 is 2.82 bits per heavy atom. The molecule has 1 atom stereocenters. The summed E-state index contributed by atoms with van der Waals surface area (Å²) in [4.78, 5) is 7.87. The van der Waals surface area contributed by atoms with E-state index in [-0.39, 0.29) is 5.02 Å². The quantitative estimate of drug-likeness (QED) is 0.913. The second kappa shape index (κ2) is 5.21. The van der Waals surface area contributed by atoms with Crippen molar-refractivity contribution in [3.05, 3.63) is 58.9 Å². The van der Waals surface area contributed by atoms with E-state index >= 15 is 0 Å². The number of hydrogen-bond donors (Lipinski definition) is 1. The molecule has 88 valence electrons. The summed E-state index contributed by atoms with van der Waals surface area (Å²) in [6, 6.07) is 4.36. The SMILES string of the molecule is OC(Cc1ccc(F)c(Cl)c1)c1cnccn1. The largest absolute Gasteiger partial charge is 0.386 e. The van der Waals surface area contributed by atoms with Crippen LogP contribution in [0.2, 0.25) is 5.02 Å². The fourth-order valence-corrected chi connectivity index (χ4v) is 1.68. The zero-order valence-electron chi connectivity index (χ0n) is 8.85. The predicted octanol–water partition coefficient (Wildman–Crippen LogP) is 2.55. The van der Waals surface area contributed by atoms with Crippen molar-refractivity contribution in [2.24, 2.45) is 0 Å². The van der Waals surface area contributed by atoms with E-state index in [0.717, 1.165) is 5.56 Å². The maximum absolute atomic E-state index is 12.9. The Balaban J connectivity index is 2.13. The molecule has 1 heterocycles. The van der Waals surface area contributed by atoms with Gasteiger partial charge in [0.1, 0.15) is 11.9 Å². The maximum atomic E-state index is 12.9. The van der Waals surface area contributed by atoms with Crippen LogP contribution in [0.4, 0.5) is 4.39 Å². The van der Waals surface area contributed by atoms with Crippen molar-refractivity contribution in [1.82, 2.24) is 9.97 Å². The smallest absolute Gasteiger partial charge is 0.141 e. The third-order valence-corrected chi connectivity index (χ3v) is 2.63. The molecule has 0 aliphatic carbocycles. The number of benzene rings is 1. The van der Waals surface area contributed by atoms with E-state index in [0.29, 0.717) is 12.1 Å². The number of rotatable bonds is 3. The molecule has 1 aromatic carbocycles. The molecule has 1 unspecified atom stereocenters. The zero-order valence-corrected chi connectivity index (χ0v) is 9.60. The Bertz CT molecular complexity index is 507. The summed E-state index contributed by atoms with van der Waals surface area (Å²) >= 11 is 5.66. The molecule has 17 heavy (non-hydrogen) atoms. The first-order valence-corrected chi connectivity index (χ1v) is 5.42. The highest BCUT2D eigenvalue weighted by Crippen LogP contribution is 2.20. The zero-order chi connectivity index (χ0) is 12.3. The summed E-state index contributed by atoms with van der Waals surface area (Å²) in [5, 5.41) is 9.94. The fraction of sp³-hybridized carbons (Fsp3) is 0.167. The monoisotopic (exact) mass is 252 g/mol. The van der Waals surface area contributed by atoms with Gasteiger partial charge in [-0.2, -0.15) is 0 Å². The molecule has 5 heteroatoms. The lowest BCUT2D eigenvalue weighted by molar-refractivity contribution is 0.173. The molecule has 0 saturated heterocycles. The summed E-state index contributed by atoms with van der Waals surface area (Å²) in [6.45, 7) is 0. The molecular weight excluding hydrogens is 243 g/mol. The molecule has 3 nitrogen and oxygen atoms in total. The summed E-state index contributed by atoms with van der Waals surface area (Å²) in [5.41, 5.74) is 1.22. The van der Waals surface area contributed by atoms with Crippen molar-refractivity contribution < 1.29 is 9.50 Å². The van der Waals surface area contributed by atoms with Crippen LogP contribution >= 0.6 is 11.6 Å². The van der Waals surface area contributed by atoms with Gasteiger partial charge in [-0.3, -0.25) is 9.97 Å². The topological polar surface area (TPSA) is 46.0 Å². The van der Waals surface area contributed by atoms with Gasteiger partial charge in [-0.25, -0.2) is 4.39 Å². The molecule has 0 amide bonds. The lowest BCUT2D eigenvalue weighted by Gasteiger charge is -2.09. The predicted molar refractivity (Wildman–Crippen MR) is 62.1 cm³/mol. The van der Waals surface area contributed by atoms with Gasteiger partial charge in [-0.05, 0) is 17.7 Å². The summed E-state index contributed by atoms with van der Waals surface area (Å²) in [5.74, 6) is -0.468. The number of hydrogen-bond acceptors (Lipinski definition) is 3. The highest BCUT2D eigenvalue weighted by molar-refractivity contribution is 6.30. The van der Waals surface area contributed by atoms with Crippen LogP contribution in [0, 0.1) is 5.82 Å². The Hall–Kier alpha value is -1.52. The average Bonchev–Trinajstić information content (AvgIpc) is 2.35. The van der Waals surface area contributed by atoms with Crippen LogP contribution in [0.25, 0.3) is 0 Å². The van der Waals surface area contributed by atoms with Crippen molar-refractivity contribution in [1.29, 1.82) is 0 Å². The highest BCUT2D eigenvalue weighted by Gasteiger charge is 2.11. The van der Waals surface area contributed by atoms with Crippen LogP contribution in [0.5, 0.6) is 0 Å². The second-order valence-corrected chi connectivity index (χ2v) is 4.01. The number of aliphatic hydroxyl groups excluding tert-OH is 1. The van der Waals surface area contributed by atoms with Crippen LogP contribution in [0.3, 0.4) is 0 Å². The van der Waals surface area contributed by atoms with E-state index < -0.39 is 11.9 Å². The number of aromatic nitrogens is 2. The second-order valence-electron chi connectivity index (χ2n) is 3.60. The Labute approximate surface area is 103 Å². The maximum Gasteiger partial charge on any atom is 0.141 e. The third-order valence-electron chi connectivity index (χ3n) is 2.34. The minimum absolute atomic E-state index is 0.0499. The van der Waals surface area contributed by atoms with Gasteiger partial charge in [-0.15, -0.1) is 0 Å². The van der Waals surface area contributed by atoms with Crippen LogP contribution in [-0.4, -0.2) is 15.1 Å². The molecule has 2 rings (SSSR count). The van der Waals surface area contributed by atoms with Gasteiger partial charge < -0.3 is 5.11 Å². The number of halogens is 2. The minimum Gasteiger partial charge on any atom is -0.386 e.